The van der Waals surface area contributed by atoms with Crippen LogP contribution in [0.4, 0.5) is 0 Å². The first-order valence-electron chi connectivity index (χ1n) is 12.3. The Kier molecular flexibility index (Phi) is 5.81. The van der Waals surface area contributed by atoms with Gasteiger partial charge in [0, 0.05) is 10.0 Å². The molecule has 1 unspecified atom stereocenters. The minimum Gasteiger partial charge on any atom is -0.457 e. The van der Waals surface area contributed by atoms with Crippen molar-refractivity contribution in [1.29, 1.82) is 0 Å². The maximum Gasteiger partial charge on any atom is 0.150 e. The molecule has 6 rings (SSSR count). The molecule has 1 aliphatic rings. The second kappa shape index (κ2) is 9.17. The minimum atomic E-state index is -0.462. The Balaban J connectivity index is 1.59. The van der Waals surface area contributed by atoms with Crippen molar-refractivity contribution in [2.24, 2.45) is 0 Å². The predicted molar refractivity (Wildman–Crippen MR) is 153 cm³/mol. The molecular formula is C34H25BrO2. The van der Waals surface area contributed by atoms with Crippen molar-refractivity contribution in [2.45, 2.75) is 19.3 Å². The first-order chi connectivity index (χ1) is 18.0. The van der Waals surface area contributed by atoms with Gasteiger partial charge in [-0.25, -0.2) is 0 Å². The molecule has 1 atom stereocenters. The number of ether oxygens (including phenoxy) is 1. The summed E-state index contributed by atoms with van der Waals surface area (Å²) in [5.74, 6) is 1.55. The molecule has 5 aromatic carbocycles. The average Bonchev–Trinajstić information content (AvgIpc) is 3.21. The van der Waals surface area contributed by atoms with Gasteiger partial charge in [0.25, 0.3) is 0 Å². The molecule has 0 bridgehead atoms. The number of hydrogen-bond acceptors (Lipinski definition) is 2. The lowest BCUT2D eigenvalue weighted by Gasteiger charge is -2.34. The lowest BCUT2D eigenvalue weighted by molar-refractivity contribution is 0.112. The Hall–Kier alpha value is -3.95. The number of carbonyl (C=O) groups excluding carboxylic acids is 1. The van der Waals surface area contributed by atoms with Gasteiger partial charge in [0.2, 0.25) is 0 Å². The Labute approximate surface area is 225 Å². The molecule has 0 N–H and O–H groups in total. The van der Waals surface area contributed by atoms with E-state index in [2.05, 4.69) is 115 Å². The normalized spacial score (nSPS) is 15.6. The fraction of sp³-hybridized carbons (Fsp3) is 0.0882. The number of aryl methyl sites for hydroxylation is 2. The van der Waals surface area contributed by atoms with Gasteiger partial charge in [0.05, 0.1) is 5.41 Å². The van der Waals surface area contributed by atoms with Crippen LogP contribution in [0.2, 0.25) is 0 Å². The van der Waals surface area contributed by atoms with E-state index in [1.807, 2.05) is 12.1 Å². The Bertz CT molecular complexity index is 1610. The SMILES string of the molecule is Cc1cc(C2(c3ccccc3)c3ccccc3-c3ccc(Br)cc32)cc(C)c1Oc1ccc(C=O)cc1. The second-order valence-electron chi connectivity index (χ2n) is 9.58. The number of benzene rings is 5. The van der Waals surface area contributed by atoms with E-state index in [1.165, 1.54) is 33.4 Å². The molecule has 0 aliphatic heterocycles. The molecular weight excluding hydrogens is 520 g/mol. The van der Waals surface area contributed by atoms with Crippen LogP contribution in [0, 0.1) is 13.8 Å². The molecule has 5 aromatic rings. The third kappa shape index (κ3) is 3.73. The molecule has 0 heterocycles. The van der Waals surface area contributed by atoms with Crippen LogP contribution in [0.25, 0.3) is 11.1 Å². The Morgan fingerprint density at radius 2 is 1.32 bits per heavy atom. The van der Waals surface area contributed by atoms with Gasteiger partial charge in [-0.15, -0.1) is 0 Å². The molecule has 37 heavy (non-hydrogen) atoms. The largest absolute Gasteiger partial charge is 0.457 e. The molecule has 0 spiro atoms. The molecule has 0 saturated heterocycles. The van der Waals surface area contributed by atoms with Gasteiger partial charge in [0.15, 0.2) is 0 Å². The molecule has 1 aliphatic carbocycles. The highest BCUT2D eigenvalue weighted by Crippen LogP contribution is 2.57. The smallest absolute Gasteiger partial charge is 0.150 e. The van der Waals surface area contributed by atoms with Gasteiger partial charge in [-0.2, -0.15) is 0 Å². The van der Waals surface area contributed by atoms with Gasteiger partial charge in [-0.3, -0.25) is 4.79 Å². The van der Waals surface area contributed by atoms with Crippen molar-refractivity contribution in [1.82, 2.24) is 0 Å². The molecule has 2 nitrogen and oxygen atoms in total. The van der Waals surface area contributed by atoms with Gasteiger partial charge >= 0.3 is 0 Å². The number of halogens is 1. The molecule has 0 aromatic heterocycles. The monoisotopic (exact) mass is 544 g/mol. The minimum absolute atomic E-state index is 0.462. The summed E-state index contributed by atoms with van der Waals surface area (Å²) in [6.45, 7) is 4.21. The highest BCUT2D eigenvalue weighted by molar-refractivity contribution is 9.10. The summed E-state index contributed by atoms with van der Waals surface area (Å²) in [7, 11) is 0. The zero-order chi connectivity index (χ0) is 25.6. The van der Waals surface area contributed by atoms with E-state index in [1.54, 1.807) is 12.1 Å². The number of fused-ring (bicyclic) bond motifs is 3. The van der Waals surface area contributed by atoms with Crippen LogP contribution in [-0.4, -0.2) is 6.29 Å². The lowest BCUT2D eigenvalue weighted by atomic mass is 9.67. The fourth-order valence-electron chi connectivity index (χ4n) is 5.79. The highest BCUT2D eigenvalue weighted by Gasteiger charge is 2.46. The van der Waals surface area contributed by atoms with Crippen LogP contribution in [-0.2, 0) is 5.41 Å². The molecule has 0 radical (unpaired) electrons. The van der Waals surface area contributed by atoms with Crippen LogP contribution in [0.15, 0.2) is 114 Å². The Morgan fingerprint density at radius 3 is 2.03 bits per heavy atom. The lowest BCUT2D eigenvalue weighted by Crippen LogP contribution is -2.29. The third-order valence-electron chi connectivity index (χ3n) is 7.34. The maximum atomic E-state index is 11.0. The quantitative estimate of drug-likeness (QED) is 0.202. The summed E-state index contributed by atoms with van der Waals surface area (Å²) >= 11 is 3.75. The van der Waals surface area contributed by atoms with Crippen molar-refractivity contribution >= 4 is 22.2 Å². The summed E-state index contributed by atoms with van der Waals surface area (Å²) in [5, 5.41) is 0. The Morgan fingerprint density at radius 1 is 0.676 bits per heavy atom. The maximum absolute atomic E-state index is 11.0. The van der Waals surface area contributed by atoms with Crippen LogP contribution in [0.3, 0.4) is 0 Å². The first kappa shape index (κ1) is 23.4. The van der Waals surface area contributed by atoms with E-state index in [9.17, 15) is 4.79 Å². The van der Waals surface area contributed by atoms with Crippen molar-refractivity contribution in [3.8, 4) is 22.6 Å². The zero-order valence-electron chi connectivity index (χ0n) is 20.7. The van der Waals surface area contributed by atoms with Gasteiger partial charge in [0.1, 0.15) is 17.8 Å². The standard InChI is InChI=1S/C34H25BrO2/c1-22-18-26(19-23(2)33(22)37-28-15-12-24(21-36)13-16-28)34(25-8-4-3-5-9-25)31-11-7-6-10-29(31)30-17-14-27(35)20-32(30)34/h3-21H,1-2H3. The molecule has 0 fully saturated rings. The number of hydrogen-bond donors (Lipinski definition) is 0. The molecule has 180 valence electrons. The second-order valence-corrected chi connectivity index (χ2v) is 10.5. The third-order valence-corrected chi connectivity index (χ3v) is 7.84. The summed E-state index contributed by atoms with van der Waals surface area (Å²) in [6.07, 6.45) is 0.841. The van der Waals surface area contributed by atoms with Crippen LogP contribution in [0.1, 0.15) is 43.7 Å². The van der Waals surface area contributed by atoms with Crippen molar-refractivity contribution in [3.05, 3.63) is 153 Å². The summed E-state index contributed by atoms with van der Waals surface area (Å²) < 4.78 is 7.39. The van der Waals surface area contributed by atoms with E-state index in [0.29, 0.717) is 11.3 Å². The van der Waals surface area contributed by atoms with E-state index in [-0.39, 0.29) is 0 Å². The summed E-state index contributed by atoms with van der Waals surface area (Å²) in [5.41, 5.74) is 9.81. The zero-order valence-corrected chi connectivity index (χ0v) is 22.3. The van der Waals surface area contributed by atoms with Gasteiger partial charge in [-0.05, 0) is 94.8 Å². The van der Waals surface area contributed by atoms with Gasteiger partial charge < -0.3 is 4.74 Å². The summed E-state index contributed by atoms with van der Waals surface area (Å²) in [6, 6.07) is 37.9. The predicted octanol–water partition coefficient (Wildman–Crippen LogP) is 9.03. The average molecular weight is 545 g/mol. The van der Waals surface area contributed by atoms with E-state index in [4.69, 9.17) is 4.74 Å². The highest BCUT2D eigenvalue weighted by atomic mass is 79.9. The first-order valence-corrected chi connectivity index (χ1v) is 13.1. The molecule has 0 amide bonds. The van der Waals surface area contributed by atoms with Crippen LogP contribution >= 0.6 is 15.9 Å². The van der Waals surface area contributed by atoms with Gasteiger partial charge in [-0.1, -0.05) is 88.7 Å². The van der Waals surface area contributed by atoms with Crippen molar-refractivity contribution < 1.29 is 9.53 Å². The number of carbonyl (C=O) groups is 1. The fourth-order valence-corrected chi connectivity index (χ4v) is 6.15. The summed E-state index contributed by atoms with van der Waals surface area (Å²) in [4.78, 5) is 11.0. The van der Waals surface area contributed by atoms with Crippen LogP contribution < -0.4 is 4.74 Å². The van der Waals surface area contributed by atoms with E-state index < -0.39 is 5.41 Å². The van der Waals surface area contributed by atoms with E-state index in [0.717, 1.165) is 27.6 Å². The number of rotatable bonds is 5. The number of aldehydes is 1. The van der Waals surface area contributed by atoms with Crippen molar-refractivity contribution in [2.75, 3.05) is 0 Å². The molecule has 3 heteroatoms. The topological polar surface area (TPSA) is 26.3 Å². The van der Waals surface area contributed by atoms with Crippen molar-refractivity contribution in [3.63, 3.8) is 0 Å². The van der Waals surface area contributed by atoms with Crippen LogP contribution in [0.5, 0.6) is 11.5 Å². The molecule has 0 saturated carbocycles. The van der Waals surface area contributed by atoms with E-state index >= 15 is 0 Å².